The summed E-state index contributed by atoms with van der Waals surface area (Å²) in [6.45, 7) is 16.5. The van der Waals surface area contributed by atoms with E-state index >= 15 is 0 Å². The van der Waals surface area contributed by atoms with Crippen LogP contribution in [-0.2, 0) is 66.6 Å². The first kappa shape index (κ1) is 41.7. The highest BCUT2D eigenvalue weighted by atomic mass is 17.0. The zero-order chi connectivity index (χ0) is 43.8. The van der Waals surface area contributed by atoms with E-state index in [0.717, 1.165) is 0 Å². The van der Waals surface area contributed by atoms with Crippen LogP contribution in [0.25, 0.3) is 0 Å². The molecule has 17 nitrogen and oxygen atoms in total. The number of cyclic esters (lactones) is 1. The maximum absolute atomic E-state index is 14.4. The Balaban J connectivity index is 1.41. The van der Waals surface area contributed by atoms with Crippen LogP contribution in [-0.4, -0.2) is 111 Å². The number of carbonyl (C=O) groups excluding carboxylic acids is 5. The Morgan fingerprint density at radius 1 is 0.933 bits per heavy atom. The van der Waals surface area contributed by atoms with Gasteiger partial charge in [-0.1, -0.05) is 48.5 Å². The van der Waals surface area contributed by atoms with Gasteiger partial charge in [-0.25, -0.2) is 4.79 Å². The van der Waals surface area contributed by atoms with Gasteiger partial charge in [0.05, 0.1) is 44.0 Å². The van der Waals surface area contributed by atoms with Crippen LogP contribution in [0.1, 0.15) is 113 Å². The molecule has 0 unspecified atom stereocenters. The average Bonchev–Trinajstić information content (AvgIpc) is 3.63. The van der Waals surface area contributed by atoms with Crippen molar-refractivity contribution in [3.63, 3.8) is 0 Å². The summed E-state index contributed by atoms with van der Waals surface area (Å²) >= 11 is 0. The van der Waals surface area contributed by atoms with E-state index in [-0.39, 0.29) is 12.8 Å². The minimum atomic E-state index is -2.80. The van der Waals surface area contributed by atoms with Crippen LogP contribution in [0.2, 0.25) is 0 Å². The molecule has 9 rings (SSSR count). The Bertz CT molecular complexity index is 2070. The number of hydrogen-bond acceptors (Lipinski definition) is 17. The minimum absolute atomic E-state index is 0.151. The van der Waals surface area contributed by atoms with Crippen LogP contribution in [0.5, 0.6) is 0 Å². The predicted molar refractivity (Wildman–Crippen MR) is 198 cm³/mol. The molecular formula is C43H56O17. The topological polar surface area (TPSA) is 225 Å². The van der Waals surface area contributed by atoms with Gasteiger partial charge < -0.3 is 57.3 Å². The van der Waals surface area contributed by atoms with Gasteiger partial charge >= 0.3 is 29.8 Å². The van der Waals surface area contributed by atoms with Gasteiger partial charge in [0.15, 0.2) is 28.5 Å². The lowest BCUT2D eigenvalue weighted by atomic mass is 9.31. The summed E-state index contributed by atoms with van der Waals surface area (Å²) in [6.07, 6.45) is -5.20. The van der Waals surface area contributed by atoms with Gasteiger partial charge in [-0.05, 0) is 45.1 Å². The van der Waals surface area contributed by atoms with Gasteiger partial charge in [0.25, 0.3) is 5.97 Å². The van der Waals surface area contributed by atoms with Gasteiger partial charge in [0.1, 0.15) is 29.5 Å². The standard InChI is InChI=1S/C43H56O17/c1-12-21(4)30(47)53-25-16-35(7)28(23-13-14-52-18-23)54-27(45)17-40(35)43-32(55-29(46)20(2)3)41(50)31(56-33(48)36(8)22(5)57-36)34(6)19-39(41,49)37(9,24(34)15-26(44)51-11)42(25,43)59-38(10,58-40)60-43/h13-14,18,20-22,24-25,28,31-32,49-50H,12,15-17,19H2,1-11H3/t21-,22+,24-,25+,28-,31+,32+,34-,35+,36+,37-,38+,39+,40-,41+,42+,43-/m0/s1. The quantitative estimate of drug-likeness (QED) is 0.196. The van der Waals surface area contributed by atoms with E-state index in [1.165, 1.54) is 33.5 Å². The SMILES string of the molecule is CC[C@H](C)C(=O)O[C@@H]1C[C@]2(C)[C@H](c3ccoc3)OC(=O)C[C@]23O[C@]2(C)O[C@@]14[C@@]1(C)[C@@H](CC(=O)OC)[C@]5(C)C[C@]1(O)[C@@](O)([C@@H]5OC(=O)[C@]1(C)O[C@@H]1C)[C@@H](OC(=O)C(C)C)[C@]34O2. The van der Waals surface area contributed by atoms with Crippen LogP contribution in [0.3, 0.4) is 0 Å². The zero-order valence-corrected chi connectivity index (χ0v) is 35.9. The molecule has 8 aliphatic rings. The maximum atomic E-state index is 14.4. The number of epoxide rings is 1. The van der Waals surface area contributed by atoms with Crippen LogP contribution in [0.15, 0.2) is 23.0 Å². The number of esters is 5. The van der Waals surface area contributed by atoms with Crippen molar-refractivity contribution in [1.29, 1.82) is 0 Å². The van der Waals surface area contributed by atoms with Crippen LogP contribution in [0, 0.1) is 34.0 Å². The van der Waals surface area contributed by atoms with E-state index in [1.54, 1.807) is 54.5 Å². The second-order valence-corrected chi connectivity index (χ2v) is 20.0. The van der Waals surface area contributed by atoms with Crippen molar-refractivity contribution < 1.29 is 81.2 Å². The van der Waals surface area contributed by atoms with Crippen molar-refractivity contribution in [2.75, 3.05) is 7.11 Å². The first-order chi connectivity index (χ1) is 27.8. The molecule has 2 spiro atoms. The summed E-state index contributed by atoms with van der Waals surface area (Å²) in [5.74, 6) is -8.52. The molecule has 0 aromatic carbocycles. The van der Waals surface area contributed by atoms with E-state index in [9.17, 15) is 34.2 Å². The molecular weight excluding hydrogens is 788 g/mol. The molecule has 0 amide bonds. The molecule has 60 heavy (non-hydrogen) atoms. The lowest BCUT2D eigenvalue weighted by Gasteiger charge is -2.79. The van der Waals surface area contributed by atoms with E-state index in [4.69, 9.17) is 47.0 Å². The van der Waals surface area contributed by atoms with Crippen LogP contribution in [0.4, 0.5) is 0 Å². The second kappa shape index (κ2) is 12.1. The first-order valence-electron chi connectivity index (χ1n) is 21.0. The smallest absolute Gasteiger partial charge is 0.341 e. The van der Waals surface area contributed by atoms with Crippen LogP contribution < -0.4 is 0 Å². The van der Waals surface area contributed by atoms with E-state index in [1.807, 2.05) is 6.92 Å². The number of fused-ring (bicyclic) bond motifs is 2. The lowest BCUT2D eigenvalue weighted by molar-refractivity contribution is -0.479. The molecule has 1 aromatic heterocycles. The third kappa shape index (κ3) is 4.28. The average molecular weight is 845 g/mol. The molecule has 330 valence electrons. The fraction of sp³-hybridized carbons (Fsp3) is 0.791. The fourth-order valence-corrected chi connectivity index (χ4v) is 13.7. The van der Waals surface area contributed by atoms with E-state index < -0.39 is 147 Å². The highest BCUT2D eigenvalue weighted by molar-refractivity contribution is 5.83. The summed E-state index contributed by atoms with van der Waals surface area (Å²) in [6, 6.07) is 1.62. The van der Waals surface area contributed by atoms with Crippen molar-refractivity contribution >= 4 is 29.8 Å². The number of rotatable bonds is 10. The second-order valence-electron chi connectivity index (χ2n) is 20.0. The van der Waals surface area contributed by atoms with E-state index in [0.29, 0.717) is 12.0 Å². The van der Waals surface area contributed by atoms with E-state index in [2.05, 4.69) is 0 Å². The third-order valence-electron chi connectivity index (χ3n) is 16.8. The zero-order valence-electron chi connectivity index (χ0n) is 35.9. The molecule has 5 heterocycles. The van der Waals surface area contributed by atoms with Crippen molar-refractivity contribution in [3.05, 3.63) is 24.2 Å². The lowest BCUT2D eigenvalue weighted by Crippen LogP contribution is -2.99. The number of ether oxygens (including phenoxy) is 9. The number of furan rings is 1. The van der Waals surface area contributed by atoms with Gasteiger partial charge in [-0.15, -0.1) is 0 Å². The Labute approximate surface area is 347 Å². The predicted octanol–water partition coefficient (Wildman–Crippen LogP) is 3.34. The monoisotopic (exact) mass is 844 g/mol. The summed E-state index contributed by atoms with van der Waals surface area (Å²) in [5.41, 5.74) is -17.8. The summed E-state index contributed by atoms with van der Waals surface area (Å²) < 4.78 is 63.7. The highest BCUT2D eigenvalue weighted by Crippen LogP contribution is 2.89. The summed E-state index contributed by atoms with van der Waals surface area (Å²) in [4.78, 5) is 71.1. The molecule has 8 fully saturated rings. The van der Waals surface area contributed by atoms with Crippen molar-refractivity contribution in [2.24, 2.45) is 34.0 Å². The Kier molecular flexibility index (Phi) is 8.41. The number of aliphatic hydroxyl groups is 2. The van der Waals surface area contributed by atoms with Gasteiger partial charge in [-0.3, -0.25) is 19.2 Å². The Hall–Kier alpha value is -3.61. The van der Waals surface area contributed by atoms with Crippen molar-refractivity contribution in [1.82, 2.24) is 0 Å². The van der Waals surface area contributed by atoms with Gasteiger partial charge in [0, 0.05) is 35.2 Å². The first-order valence-corrected chi connectivity index (χ1v) is 21.0. The normalized spacial score (nSPS) is 51.6. The molecule has 4 bridgehead atoms. The molecule has 4 aliphatic heterocycles. The number of carbonyl (C=O) groups is 5. The molecule has 4 aliphatic carbocycles. The molecule has 17 atom stereocenters. The Morgan fingerprint density at radius 2 is 1.60 bits per heavy atom. The highest BCUT2D eigenvalue weighted by Gasteiger charge is 3.07. The maximum Gasteiger partial charge on any atom is 0.341 e. The van der Waals surface area contributed by atoms with Crippen molar-refractivity contribution in [2.45, 2.75) is 171 Å². The fourth-order valence-electron chi connectivity index (χ4n) is 13.7. The summed E-state index contributed by atoms with van der Waals surface area (Å²) in [7, 11) is 1.21. The molecule has 17 heteroatoms. The number of methoxy groups -OCH3 is 1. The van der Waals surface area contributed by atoms with Crippen molar-refractivity contribution in [3.8, 4) is 0 Å². The summed E-state index contributed by atoms with van der Waals surface area (Å²) in [5, 5.41) is 28.1. The largest absolute Gasteiger partial charge is 0.472 e. The number of hydrogen-bond donors (Lipinski definition) is 2. The molecule has 1 aromatic rings. The molecule has 2 N–H and O–H groups in total. The van der Waals surface area contributed by atoms with Gasteiger partial charge in [0.2, 0.25) is 0 Å². The van der Waals surface area contributed by atoms with Gasteiger partial charge in [-0.2, -0.15) is 0 Å². The minimum Gasteiger partial charge on any atom is -0.472 e. The molecule has 4 saturated carbocycles. The van der Waals surface area contributed by atoms with Crippen LogP contribution >= 0.6 is 0 Å². The molecule has 0 radical (unpaired) electrons. The Morgan fingerprint density at radius 3 is 2.18 bits per heavy atom. The molecule has 4 saturated heterocycles. The third-order valence-corrected chi connectivity index (χ3v) is 16.8.